The monoisotopic (exact) mass is 344 g/mol. The van der Waals surface area contributed by atoms with Crippen molar-refractivity contribution in [3.8, 4) is 0 Å². The first-order valence-electron chi connectivity index (χ1n) is 3.91. The molecule has 0 aliphatic carbocycles. The van der Waals surface area contributed by atoms with Gasteiger partial charge in [0.25, 0.3) is 0 Å². The molecular formula is C9H11Br2ClS. The second-order valence-electron chi connectivity index (χ2n) is 4.01. The van der Waals surface area contributed by atoms with Gasteiger partial charge in [-0.25, -0.2) is 0 Å². The van der Waals surface area contributed by atoms with Crippen LogP contribution in [-0.2, 0) is 0 Å². The SMILES string of the molecule is CC(C)(C)C(Cl)c1cc(Br)sc1Br. The minimum absolute atomic E-state index is 0.0458. The van der Waals surface area contributed by atoms with Crippen molar-refractivity contribution in [2.75, 3.05) is 0 Å². The molecule has 0 aliphatic rings. The lowest BCUT2D eigenvalue weighted by molar-refractivity contribution is 0.395. The van der Waals surface area contributed by atoms with Crippen LogP contribution in [0.4, 0.5) is 0 Å². The van der Waals surface area contributed by atoms with Gasteiger partial charge in [-0.05, 0) is 48.9 Å². The lowest BCUT2D eigenvalue weighted by atomic mass is 9.89. The van der Waals surface area contributed by atoms with Crippen LogP contribution in [0.1, 0.15) is 31.7 Å². The van der Waals surface area contributed by atoms with Crippen molar-refractivity contribution in [1.29, 1.82) is 0 Å². The summed E-state index contributed by atoms with van der Waals surface area (Å²) in [5, 5.41) is 0.0458. The average molecular weight is 347 g/mol. The third kappa shape index (κ3) is 2.95. The molecule has 1 aromatic rings. The number of hydrogen-bond donors (Lipinski definition) is 0. The largest absolute Gasteiger partial charge is 0.121 e. The quantitative estimate of drug-likeness (QED) is 0.581. The fourth-order valence-corrected chi connectivity index (χ4v) is 4.26. The van der Waals surface area contributed by atoms with E-state index in [0.29, 0.717) is 0 Å². The molecular weight excluding hydrogens is 335 g/mol. The van der Waals surface area contributed by atoms with E-state index in [1.54, 1.807) is 11.3 Å². The number of hydrogen-bond acceptors (Lipinski definition) is 1. The van der Waals surface area contributed by atoms with Gasteiger partial charge in [-0.2, -0.15) is 0 Å². The highest BCUT2D eigenvalue weighted by Gasteiger charge is 2.26. The number of thiophene rings is 1. The Morgan fingerprint density at radius 1 is 1.38 bits per heavy atom. The molecule has 4 heteroatoms. The molecule has 0 nitrogen and oxygen atoms in total. The Morgan fingerprint density at radius 3 is 2.23 bits per heavy atom. The molecule has 1 aromatic heterocycles. The highest BCUT2D eigenvalue weighted by atomic mass is 79.9. The zero-order valence-corrected chi connectivity index (χ0v) is 12.4. The minimum atomic E-state index is 0.0458. The van der Waals surface area contributed by atoms with Gasteiger partial charge in [-0.3, -0.25) is 0 Å². The summed E-state index contributed by atoms with van der Waals surface area (Å²) in [5.74, 6) is 0. The Kier molecular flexibility index (Phi) is 3.90. The smallest absolute Gasteiger partial charge is 0.0757 e. The van der Waals surface area contributed by atoms with Gasteiger partial charge in [0, 0.05) is 0 Å². The molecule has 0 fully saturated rings. The fourth-order valence-electron chi connectivity index (χ4n) is 0.992. The van der Waals surface area contributed by atoms with Crippen LogP contribution in [0.2, 0.25) is 0 Å². The van der Waals surface area contributed by atoms with Crippen LogP contribution in [0.5, 0.6) is 0 Å². The summed E-state index contributed by atoms with van der Waals surface area (Å²) in [6.07, 6.45) is 0. The van der Waals surface area contributed by atoms with Crippen molar-refractivity contribution in [1.82, 2.24) is 0 Å². The molecule has 0 bridgehead atoms. The molecule has 74 valence electrons. The summed E-state index contributed by atoms with van der Waals surface area (Å²) in [4.78, 5) is 0. The summed E-state index contributed by atoms with van der Waals surface area (Å²) in [7, 11) is 0. The summed E-state index contributed by atoms with van der Waals surface area (Å²) >= 11 is 15.0. The normalized spacial score (nSPS) is 14.6. The van der Waals surface area contributed by atoms with Gasteiger partial charge in [0.15, 0.2) is 0 Å². The van der Waals surface area contributed by atoms with Gasteiger partial charge in [0.2, 0.25) is 0 Å². The molecule has 0 spiro atoms. The molecule has 1 unspecified atom stereocenters. The summed E-state index contributed by atoms with van der Waals surface area (Å²) in [5.41, 5.74) is 1.26. The Labute approximate surface area is 105 Å². The van der Waals surface area contributed by atoms with E-state index in [-0.39, 0.29) is 10.8 Å². The molecule has 1 heterocycles. The Hall–Kier alpha value is 0.950. The maximum absolute atomic E-state index is 6.36. The first-order valence-corrected chi connectivity index (χ1v) is 6.75. The molecule has 0 saturated heterocycles. The maximum atomic E-state index is 6.36. The highest BCUT2D eigenvalue weighted by molar-refractivity contribution is 9.12. The van der Waals surface area contributed by atoms with Crippen LogP contribution in [0.15, 0.2) is 13.6 Å². The zero-order valence-electron chi connectivity index (χ0n) is 7.70. The Balaban J connectivity index is 3.01. The van der Waals surface area contributed by atoms with Crippen molar-refractivity contribution in [3.63, 3.8) is 0 Å². The van der Waals surface area contributed by atoms with Gasteiger partial charge in [0.05, 0.1) is 12.9 Å². The summed E-state index contributed by atoms with van der Waals surface area (Å²) in [6, 6.07) is 2.08. The van der Waals surface area contributed by atoms with E-state index in [1.165, 1.54) is 5.56 Å². The predicted molar refractivity (Wildman–Crippen MR) is 67.8 cm³/mol. The second kappa shape index (κ2) is 4.21. The molecule has 0 aliphatic heterocycles. The van der Waals surface area contributed by atoms with Crippen molar-refractivity contribution in [3.05, 3.63) is 19.2 Å². The molecule has 0 saturated carbocycles. The van der Waals surface area contributed by atoms with Crippen LogP contribution < -0.4 is 0 Å². The van der Waals surface area contributed by atoms with E-state index in [0.717, 1.165) is 7.57 Å². The van der Waals surface area contributed by atoms with Gasteiger partial charge in [0.1, 0.15) is 0 Å². The standard InChI is InChI=1S/C9H11Br2ClS/c1-9(2,3)7(12)5-4-6(10)13-8(5)11/h4,7H,1-3H3. The van der Waals surface area contributed by atoms with Crippen LogP contribution in [0.25, 0.3) is 0 Å². The fraction of sp³-hybridized carbons (Fsp3) is 0.556. The lowest BCUT2D eigenvalue weighted by Crippen LogP contribution is -2.12. The number of alkyl halides is 1. The van der Waals surface area contributed by atoms with Crippen LogP contribution >= 0.6 is 54.8 Å². The lowest BCUT2D eigenvalue weighted by Gasteiger charge is -2.24. The first-order chi connectivity index (χ1) is 5.82. The van der Waals surface area contributed by atoms with Crippen LogP contribution in [-0.4, -0.2) is 0 Å². The zero-order chi connectivity index (χ0) is 10.2. The van der Waals surface area contributed by atoms with E-state index in [4.69, 9.17) is 11.6 Å². The summed E-state index contributed by atoms with van der Waals surface area (Å²) in [6.45, 7) is 6.42. The highest BCUT2D eigenvalue weighted by Crippen LogP contribution is 2.45. The van der Waals surface area contributed by atoms with Crippen molar-refractivity contribution in [2.24, 2.45) is 5.41 Å². The number of rotatable bonds is 1. The van der Waals surface area contributed by atoms with E-state index in [9.17, 15) is 0 Å². The van der Waals surface area contributed by atoms with Crippen LogP contribution in [0.3, 0.4) is 0 Å². The molecule has 1 atom stereocenters. The van der Waals surface area contributed by atoms with Crippen molar-refractivity contribution in [2.45, 2.75) is 26.1 Å². The van der Waals surface area contributed by atoms with E-state index >= 15 is 0 Å². The van der Waals surface area contributed by atoms with Crippen molar-refractivity contribution >= 4 is 54.8 Å². The molecule has 0 aromatic carbocycles. The first kappa shape index (κ1) is 12.0. The summed E-state index contributed by atoms with van der Waals surface area (Å²) < 4.78 is 2.23. The Morgan fingerprint density at radius 2 is 1.92 bits per heavy atom. The van der Waals surface area contributed by atoms with E-state index in [1.807, 2.05) is 0 Å². The van der Waals surface area contributed by atoms with E-state index < -0.39 is 0 Å². The Bertz CT molecular complexity index is 301. The predicted octanol–water partition coefficient (Wildman–Crippen LogP) is 5.60. The van der Waals surface area contributed by atoms with Crippen molar-refractivity contribution < 1.29 is 0 Å². The maximum Gasteiger partial charge on any atom is 0.0757 e. The third-order valence-corrected chi connectivity index (χ3v) is 4.99. The van der Waals surface area contributed by atoms with Gasteiger partial charge in [-0.1, -0.05) is 20.8 Å². The molecule has 0 amide bonds. The topological polar surface area (TPSA) is 0 Å². The minimum Gasteiger partial charge on any atom is -0.121 e. The molecule has 13 heavy (non-hydrogen) atoms. The molecule has 0 N–H and O–H groups in total. The van der Waals surface area contributed by atoms with Gasteiger partial charge < -0.3 is 0 Å². The van der Waals surface area contributed by atoms with Gasteiger partial charge >= 0.3 is 0 Å². The van der Waals surface area contributed by atoms with Crippen LogP contribution in [0, 0.1) is 5.41 Å². The van der Waals surface area contributed by atoms with Gasteiger partial charge in [-0.15, -0.1) is 22.9 Å². The van der Waals surface area contributed by atoms with E-state index in [2.05, 4.69) is 58.7 Å². The molecule has 1 rings (SSSR count). The third-order valence-electron chi connectivity index (χ3n) is 1.72. The average Bonchev–Trinajstić information content (AvgIpc) is 2.26. The second-order valence-corrected chi connectivity index (χ2v) is 8.19. The molecule has 0 radical (unpaired) electrons. The number of halogens is 3.